The molecular formula is C23H25N5O6S. The second-order valence-corrected chi connectivity index (χ2v) is 9.39. The van der Waals surface area contributed by atoms with Gasteiger partial charge >= 0.3 is 0 Å². The highest BCUT2D eigenvalue weighted by Gasteiger charge is 2.28. The van der Waals surface area contributed by atoms with Crippen LogP contribution in [0.4, 0.5) is 11.4 Å². The summed E-state index contributed by atoms with van der Waals surface area (Å²) < 4.78 is 36.1. The maximum absolute atomic E-state index is 13.3. The SMILES string of the molecule is COc1ccc(N(C(=O)[C@@H](N)CO)c2ccc3c4cc(S(N)(=O)=O)ccc4n(C)c3c2)c(OC)n1. The summed E-state index contributed by atoms with van der Waals surface area (Å²) in [5.74, 6) is -0.163. The molecule has 4 rings (SSSR count). The predicted octanol–water partition coefficient (Wildman–Crippen LogP) is 1.38. The van der Waals surface area contributed by atoms with Crippen LogP contribution in [0.1, 0.15) is 0 Å². The molecule has 184 valence electrons. The number of methoxy groups -OCH3 is 2. The van der Waals surface area contributed by atoms with E-state index in [0.717, 1.165) is 16.4 Å². The van der Waals surface area contributed by atoms with E-state index >= 15 is 0 Å². The van der Waals surface area contributed by atoms with Crippen molar-refractivity contribution in [2.75, 3.05) is 25.7 Å². The molecule has 11 nitrogen and oxygen atoms in total. The number of aliphatic hydroxyl groups excluding tert-OH is 1. The number of sulfonamides is 1. The first kappa shape index (κ1) is 24.4. The van der Waals surface area contributed by atoms with Crippen molar-refractivity contribution < 1.29 is 27.8 Å². The Labute approximate surface area is 201 Å². The molecule has 2 aromatic heterocycles. The minimum atomic E-state index is -3.88. The van der Waals surface area contributed by atoms with Gasteiger partial charge in [-0.05, 0) is 36.4 Å². The van der Waals surface area contributed by atoms with Crippen LogP contribution in [0, 0.1) is 0 Å². The lowest BCUT2D eigenvalue weighted by molar-refractivity contribution is -0.119. The number of nitrogens with zero attached hydrogens (tertiary/aromatic N) is 3. The van der Waals surface area contributed by atoms with Crippen molar-refractivity contribution in [3.05, 3.63) is 48.5 Å². The average molecular weight is 500 g/mol. The van der Waals surface area contributed by atoms with Crippen molar-refractivity contribution >= 4 is 49.1 Å². The quantitative estimate of drug-likeness (QED) is 0.343. The molecule has 12 heteroatoms. The number of ether oxygens (including phenoxy) is 2. The van der Waals surface area contributed by atoms with Crippen molar-refractivity contribution in [1.29, 1.82) is 0 Å². The van der Waals surface area contributed by atoms with Crippen LogP contribution >= 0.6 is 0 Å². The fourth-order valence-electron chi connectivity index (χ4n) is 3.97. The highest BCUT2D eigenvalue weighted by molar-refractivity contribution is 7.89. The Kier molecular flexibility index (Phi) is 6.38. The van der Waals surface area contributed by atoms with E-state index in [2.05, 4.69) is 4.98 Å². The second kappa shape index (κ2) is 9.15. The molecule has 0 fully saturated rings. The van der Waals surface area contributed by atoms with E-state index in [9.17, 15) is 18.3 Å². The van der Waals surface area contributed by atoms with Crippen LogP contribution < -0.4 is 25.2 Å². The first-order chi connectivity index (χ1) is 16.6. The molecule has 0 spiro atoms. The fourth-order valence-corrected chi connectivity index (χ4v) is 4.51. The van der Waals surface area contributed by atoms with Crippen LogP contribution in [0.5, 0.6) is 11.8 Å². The molecule has 2 aromatic carbocycles. The number of carbonyl (C=O) groups excluding carboxylic acids is 1. The fraction of sp³-hybridized carbons (Fsp3) is 0.217. The molecule has 0 saturated heterocycles. The summed E-state index contributed by atoms with van der Waals surface area (Å²) in [6.07, 6.45) is 0. The summed E-state index contributed by atoms with van der Waals surface area (Å²) in [4.78, 5) is 18.9. The molecule has 0 aliphatic rings. The molecule has 0 unspecified atom stereocenters. The highest BCUT2D eigenvalue weighted by atomic mass is 32.2. The number of hydrogen-bond acceptors (Lipinski definition) is 8. The maximum atomic E-state index is 13.3. The lowest BCUT2D eigenvalue weighted by atomic mass is 10.1. The van der Waals surface area contributed by atoms with Gasteiger partial charge in [-0.15, -0.1) is 0 Å². The molecule has 1 amide bonds. The van der Waals surface area contributed by atoms with Crippen molar-refractivity contribution in [2.24, 2.45) is 17.9 Å². The lowest BCUT2D eigenvalue weighted by Crippen LogP contribution is -2.44. The largest absolute Gasteiger partial charge is 0.481 e. The zero-order chi connectivity index (χ0) is 25.5. The van der Waals surface area contributed by atoms with E-state index in [1.807, 2.05) is 11.6 Å². The van der Waals surface area contributed by atoms with Gasteiger partial charge in [0.2, 0.25) is 21.8 Å². The van der Waals surface area contributed by atoms with Gasteiger partial charge in [0.1, 0.15) is 11.7 Å². The zero-order valence-corrected chi connectivity index (χ0v) is 20.1. The molecule has 5 N–H and O–H groups in total. The summed E-state index contributed by atoms with van der Waals surface area (Å²) in [5, 5.41) is 16.3. The number of primary sulfonamides is 1. The number of fused-ring (bicyclic) bond motifs is 3. The van der Waals surface area contributed by atoms with E-state index in [0.29, 0.717) is 22.6 Å². The van der Waals surface area contributed by atoms with Gasteiger partial charge in [-0.1, -0.05) is 6.07 Å². The first-order valence-electron chi connectivity index (χ1n) is 10.4. The van der Waals surface area contributed by atoms with Crippen molar-refractivity contribution in [1.82, 2.24) is 9.55 Å². The van der Waals surface area contributed by atoms with Gasteiger partial charge in [-0.2, -0.15) is 4.98 Å². The minimum absolute atomic E-state index is 0.00124. The van der Waals surface area contributed by atoms with Crippen LogP contribution in [0.25, 0.3) is 21.8 Å². The summed E-state index contributed by atoms with van der Waals surface area (Å²) in [7, 11) is 0.819. The minimum Gasteiger partial charge on any atom is -0.481 e. The molecule has 0 radical (unpaired) electrons. The van der Waals surface area contributed by atoms with Gasteiger partial charge in [0.15, 0.2) is 0 Å². The number of nitrogens with two attached hydrogens (primary N) is 2. The number of pyridine rings is 1. The smallest absolute Gasteiger partial charge is 0.251 e. The van der Waals surface area contributed by atoms with E-state index in [4.69, 9.17) is 20.3 Å². The maximum Gasteiger partial charge on any atom is 0.251 e. The number of aliphatic hydroxyl groups is 1. The van der Waals surface area contributed by atoms with Gasteiger partial charge in [-0.3, -0.25) is 9.69 Å². The third-order valence-corrected chi connectivity index (χ3v) is 6.65. The van der Waals surface area contributed by atoms with Gasteiger partial charge in [0.25, 0.3) is 5.91 Å². The Balaban J connectivity index is 1.96. The molecule has 0 aliphatic carbocycles. The molecule has 1 atom stereocenters. The Morgan fingerprint density at radius 1 is 1.09 bits per heavy atom. The Hall–Kier alpha value is -3.71. The number of aromatic nitrogens is 2. The number of aryl methyl sites for hydroxylation is 1. The Morgan fingerprint density at radius 2 is 1.83 bits per heavy atom. The molecular weight excluding hydrogens is 474 g/mol. The Morgan fingerprint density at radius 3 is 2.46 bits per heavy atom. The van der Waals surface area contributed by atoms with Crippen molar-refractivity contribution in [2.45, 2.75) is 10.9 Å². The van der Waals surface area contributed by atoms with E-state index < -0.39 is 28.6 Å². The second-order valence-electron chi connectivity index (χ2n) is 7.83. The molecule has 0 saturated carbocycles. The van der Waals surface area contributed by atoms with Crippen molar-refractivity contribution in [3.63, 3.8) is 0 Å². The van der Waals surface area contributed by atoms with Crippen LogP contribution in [-0.4, -0.2) is 55.9 Å². The van der Waals surface area contributed by atoms with E-state index in [-0.39, 0.29) is 10.8 Å². The number of amides is 1. The van der Waals surface area contributed by atoms with E-state index in [1.54, 1.807) is 36.4 Å². The van der Waals surface area contributed by atoms with E-state index in [1.165, 1.54) is 31.3 Å². The Bertz CT molecular complexity index is 1550. The van der Waals surface area contributed by atoms with Crippen molar-refractivity contribution in [3.8, 4) is 11.8 Å². The molecule has 4 aromatic rings. The predicted molar refractivity (Wildman–Crippen MR) is 131 cm³/mol. The zero-order valence-electron chi connectivity index (χ0n) is 19.3. The normalized spacial score (nSPS) is 12.6. The number of carbonyl (C=O) groups is 1. The van der Waals surface area contributed by atoms with Crippen LogP contribution in [-0.2, 0) is 21.9 Å². The molecule has 0 bridgehead atoms. The number of rotatable bonds is 7. The highest BCUT2D eigenvalue weighted by Crippen LogP contribution is 2.38. The monoisotopic (exact) mass is 499 g/mol. The third kappa shape index (κ3) is 4.28. The summed E-state index contributed by atoms with van der Waals surface area (Å²) in [5.41, 5.74) is 8.14. The number of hydrogen-bond donors (Lipinski definition) is 3. The van der Waals surface area contributed by atoms with Crippen LogP contribution in [0.3, 0.4) is 0 Å². The van der Waals surface area contributed by atoms with Gasteiger partial charge < -0.3 is 24.9 Å². The molecule has 2 heterocycles. The van der Waals surface area contributed by atoms with Gasteiger partial charge in [-0.25, -0.2) is 13.6 Å². The van der Waals surface area contributed by atoms with Crippen LogP contribution in [0.2, 0.25) is 0 Å². The van der Waals surface area contributed by atoms with Crippen LogP contribution in [0.15, 0.2) is 53.4 Å². The number of benzene rings is 2. The average Bonchev–Trinajstić information content (AvgIpc) is 3.14. The van der Waals surface area contributed by atoms with Gasteiger partial charge in [0, 0.05) is 29.4 Å². The standard InChI is InChI=1S/C23H25N5O6S/c1-27-18-7-5-14(35(25,31)32)11-16(18)15-6-4-13(10-20(15)27)28(23(30)17(24)12-29)19-8-9-21(33-2)26-22(19)34-3/h4-11,17,29H,12,24H2,1-3H3,(H2,25,31,32)/t17-/m0/s1. The summed E-state index contributed by atoms with van der Waals surface area (Å²) >= 11 is 0. The topological polar surface area (TPSA) is 163 Å². The summed E-state index contributed by atoms with van der Waals surface area (Å²) in [6.45, 7) is -0.562. The number of anilines is 2. The molecule has 35 heavy (non-hydrogen) atoms. The lowest BCUT2D eigenvalue weighted by Gasteiger charge is -2.26. The first-order valence-corrected chi connectivity index (χ1v) is 12.0. The van der Waals surface area contributed by atoms with Gasteiger partial charge in [0.05, 0.1) is 36.9 Å². The third-order valence-electron chi connectivity index (χ3n) is 5.74. The summed E-state index contributed by atoms with van der Waals surface area (Å²) in [6, 6.07) is 11.9. The molecule has 0 aliphatic heterocycles.